The highest BCUT2D eigenvalue weighted by Gasteiger charge is 2.17. The molecule has 7 heteroatoms. The van der Waals surface area contributed by atoms with Gasteiger partial charge in [-0.25, -0.2) is 13.6 Å². The fraction of sp³-hybridized carbons (Fsp3) is 0.562. The van der Waals surface area contributed by atoms with Crippen molar-refractivity contribution in [2.45, 2.75) is 49.5 Å². The summed E-state index contributed by atoms with van der Waals surface area (Å²) in [5, 5.41) is 7.95. The number of sulfonamides is 1. The molecular formula is C16H24N2O4S. The van der Waals surface area contributed by atoms with Crippen LogP contribution in [0.4, 0.5) is 0 Å². The van der Waals surface area contributed by atoms with Crippen LogP contribution in [0.5, 0.6) is 0 Å². The Balaban J connectivity index is 1.65. The number of hydrogen-bond acceptors (Lipinski definition) is 4. The van der Waals surface area contributed by atoms with Crippen LogP contribution in [0.15, 0.2) is 29.2 Å². The lowest BCUT2D eigenvalue weighted by atomic mass is 10.1. The second kappa shape index (κ2) is 8.42. The minimum atomic E-state index is -3.64. The van der Waals surface area contributed by atoms with E-state index in [-0.39, 0.29) is 16.9 Å². The van der Waals surface area contributed by atoms with Gasteiger partial charge in [-0.2, -0.15) is 0 Å². The quantitative estimate of drug-likeness (QED) is 0.732. The first-order valence-corrected chi connectivity index (χ1v) is 9.50. The fourth-order valence-corrected chi connectivity index (χ4v) is 3.13. The molecule has 6 nitrogen and oxygen atoms in total. The van der Waals surface area contributed by atoms with Crippen LogP contribution in [0.2, 0.25) is 0 Å². The molecule has 0 aromatic heterocycles. The van der Waals surface area contributed by atoms with Crippen LogP contribution >= 0.6 is 0 Å². The van der Waals surface area contributed by atoms with E-state index in [2.05, 4.69) is 5.32 Å². The first kappa shape index (κ1) is 17.9. The maximum atomic E-state index is 11.8. The van der Waals surface area contributed by atoms with Crippen molar-refractivity contribution in [3.63, 3.8) is 0 Å². The van der Waals surface area contributed by atoms with Gasteiger partial charge in [0, 0.05) is 13.2 Å². The Bertz CT molecular complexity index is 607. The molecule has 1 amide bonds. The van der Waals surface area contributed by atoms with Crippen molar-refractivity contribution < 1.29 is 17.9 Å². The van der Waals surface area contributed by atoms with Gasteiger partial charge in [-0.05, 0) is 49.8 Å². The predicted octanol–water partition coefficient (Wildman–Crippen LogP) is 1.34. The summed E-state index contributed by atoms with van der Waals surface area (Å²) in [5.41, 5.74) is 1.02. The molecule has 0 bridgehead atoms. The van der Waals surface area contributed by atoms with Crippen molar-refractivity contribution >= 4 is 15.9 Å². The van der Waals surface area contributed by atoms with Gasteiger partial charge in [0.25, 0.3) is 0 Å². The molecule has 2 rings (SSSR count). The standard InChI is InChI=1S/C16H24N2O4S/c17-23(20,21)15-8-6-13(7-9-15)4-3-10-18-16(19)12-14-5-1-2-11-22-14/h6-9,14H,1-5,10-12H2,(H,18,19)(H2,17,20,21). The molecule has 0 radical (unpaired) electrons. The van der Waals surface area contributed by atoms with E-state index in [0.29, 0.717) is 13.0 Å². The highest BCUT2D eigenvalue weighted by Crippen LogP contribution is 2.15. The van der Waals surface area contributed by atoms with Crippen molar-refractivity contribution in [2.75, 3.05) is 13.2 Å². The van der Waals surface area contributed by atoms with E-state index in [1.807, 2.05) is 0 Å². The molecule has 1 aromatic carbocycles. The van der Waals surface area contributed by atoms with Crippen LogP contribution in [-0.2, 0) is 26.0 Å². The maximum absolute atomic E-state index is 11.8. The molecule has 128 valence electrons. The van der Waals surface area contributed by atoms with Crippen LogP contribution in [0.25, 0.3) is 0 Å². The largest absolute Gasteiger partial charge is 0.378 e. The van der Waals surface area contributed by atoms with Gasteiger partial charge in [0.05, 0.1) is 17.4 Å². The number of ether oxygens (including phenoxy) is 1. The molecular weight excluding hydrogens is 316 g/mol. The summed E-state index contributed by atoms with van der Waals surface area (Å²) in [6.45, 7) is 1.36. The first-order valence-electron chi connectivity index (χ1n) is 7.95. The van der Waals surface area contributed by atoms with E-state index in [1.165, 1.54) is 12.1 Å². The van der Waals surface area contributed by atoms with E-state index < -0.39 is 10.0 Å². The van der Waals surface area contributed by atoms with E-state index in [4.69, 9.17) is 9.88 Å². The van der Waals surface area contributed by atoms with Gasteiger partial charge >= 0.3 is 0 Å². The monoisotopic (exact) mass is 340 g/mol. The van der Waals surface area contributed by atoms with Crippen LogP contribution in [-0.4, -0.2) is 33.6 Å². The Labute approximate surface area is 137 Å². The number of carbonyl (C=O) groups excluding carboxylic acids is 1. The van der Waals surface area contributed by atoms with Crippen molar-refractivity contribution in [3.05, 3.63) is 29.8 Å². The molecule has 0 spiro atoms. The lowest BCUT2D eigenvalue weighted by molar-refractivity contribution is -0.124. The average molecular weight is 340 g/mol. The molecule has 0 aliphatic carbocycles. The number of nitrogens with two attached hydrogens (primary N) is 1. The minimum Gasteiger partial charge on any atom is -0.378 e. The summed E-state index contributed by atoms with van der Waals surface area (Å²) in [4.78, 5) is 11.9. The Morgan fingerprint density at radius 3 is 2.61 bits per heavy atom. The molecule has 1 aromatic rings. The van der Waals surface area contributed by atoms with Crippen LogP contribution < -0.4 is 10.5 Å². The highest BCUT2D eigenvalue weighted by atomic mass is 32.2. The number of carbonyl (C=O) groups is 1. The zero-order valence-corrected chi connectivity index (χ0v) is 14.0. The van der Waals surface area contributed by atoms with E-state index >= 15 is 0 Å². The molecule has 1 heterocycles. The molecule has 1 aliphatic heterocycles. The first-order chi connectivity index (χ1) is 10.9. The molecule has 0 saturated carbocycles. The topological polar surface area (TPSA) is 98.5 Å². The van der Waals surface area contributed by atoms with E-state index in [1.54, 1.807) is 12.1 Å². The van der Waals surface area contributed by atoms with E-state index in [9.17, 15) is 13.2 Å². The molecule has 1 fully saturated rings. The van der Waals surface area contributed by atoms with Gasteiger partial charge in [0.2, 0.25) is 15.9 Å². The number of nitrogens with one attached hydrogen (secondary N) is 1. The summed E-state index contributed by atoms with van der Waals surface area (Å²) in [7, 11) is -3.64. The van der Waals surface area contributed by atoms with Gasteiger partial charge in [0.15, 0.2) is 0 Å². The summed E-state index contributed by atoms with van der Waals surface area (Å²) in [6, 6.07) is 6.50. The van der Waals surface area contributed by atoms with Gasteiger partial charge in [-0.1, -0.05) is 12.1 Å². The minimum absolute atomic E-state index is 0.0291. The molecule has 23 heavy (non-hydrogen) atoms. The Morgan fingerprint density at radius 1 is 1.26 bits per heavy atom. The zero-order valence-electron chi connectivity index (χ0n) is 13.2. The molecule has 1 aliphatic rings. The third kappa shape index (κ3) is 6.29. The molecule has 1 atom stereocenters. The van der Waals surface area contributed by atoms with E-state index in [0.717, 1.165) is 44.3 Å². The molecule has 1 unspecified atom stereocenters. The number of aryl methyl sites for hydroxylation is 1. The van der Waals surface area contributed by atoms with Gasteiger partial charge in [-0.3, -0.25) is 4.79 Å². The number of benzene rings is 1. The maximum Gasteiger partial charge on any atom is 0.238 e. The Hall–Kier alpha value is -1.44. The number of amides is 1. The van der Waals surface area contributed by atoms with Crippen molar-refractivity contribution in [1.82, 2.24) is 5.32 Å². The average Bonchev–Trinajstić information content (AvgIpc) is 2.52. The lowest BCUT2D eigenvalue weighted by Gasteiger charge is -2.21. The molecule has 1 saturated heterocycles. The number of rotatable bonds is 7. The second-order valence-electron chi connectivity index (χ2n) is 5.84. The number of hydrogen-bond donors (Lipinski definition) is 2. The van der Waals surface area contributed by atoms with Crippen molar-refractivity contribution in [3.8, 4) is 0 Å². The predicted molar refractivity (Wildman–Crippen MR) is 87.4 cm³/mol. The number of primary sulfonamides is 1. The SMILES string of the molecule is NS(=O)(=O)c1ccc(CCCNC(=O)CC2CCCCO2)cc1. The normalized spacial score (nSPS) is 18.6. The summed E-state index contributed by atoms with van der Waals surface area (Å²) in [6.07, 6.45) is 5.24. The van der Waals surface area contributed by atoms with Crippen molar-refractivity contribution in [1.29, 1.82) is 0 Å². The van der Waals surface area contributed by atoms with Crippen LogP contribution in [0.3, 0.4) is 0 Å². The van der Waals surface area contributed by atoms with Crippen LogP contribution in [0, 0.1) is 0 Å². The van der Waals surface area contributed by atoms with Gasteiger partial charge in [0.1, 0.15) is 0 Å². The lowest BCUT2D eigenvalue weighted by Crippen LogP contribution is -2.31. The van der Waals surface area contributed by atoms with Crippen molar-refractivity contribution in [2.24, 2.45) is 5.14 Å². The second-order valence-corrected chi connectivity index (χ2v) is 7.40. The van der Waals surface area contributed by atoms with Crippen LogP contribution in [0.1, 0.15) is 37.7 Å². The Morgan fingerprint density at radius 2 is 2.00 bits per heavy atom. The highest BCUT2D eigenvalue weighted by molar-refractivity contribution is 7.89. The third-order valence-corrected chi connectivity index (χ3v) is 4.83. The fourth-order valence-electron chi connectivity index (χ4n) is 2.61. The smallest absolute Gasteiger partial charge is 0.238 e. The van der Waals surface area contributed by atoms with Gasteiger partial charge in [-0.15, -0.1) is 0 Å². The summed E-state index contributed by atoms with van der Waals surface area (Å²) in [5.74, 6) is 0.0291. The Kier molecular flexibility index (Phi) is 6.56. The molecule has 3 N–H and O–H groups in total. The summed E-state index contributed by atoms with van der Waals surface area (Å²) < 4.78 is 27.9. The zero-order chi connectivity index (χ0) is 16.7. The van der Waals surface area contributed by atoms with Gasteiger partial charge < -0.3 is 10.1 Å². The third-order valence-electron chi connectivity index (χ3n) is 3.90. The summed E-state index contributed by atoms with van der Waals surface area (Å²) >= 11 is 0.